The Morgan fingerprint density at radius 2 is 0.630 bits per heavy atom. The SMILES string of the molecule is CCC(C)(C)c1ccc(OP(Oc2cc(C)ccc2C(C)C)Oc2cc(C)ccc2C(C)C)c(S(=O)(=O)c2cc(C(C)(C)CC)ccc2OP(Oc2cc(C)ccc2C(C)C)Oc2cc(C)ccc2C(C)C)c1. The lowest BCUT2D eigenvalue weighted by Crippen LogP contribution is -2.18. The lowest BCUT2D eigenvalue weighted by molar-refractivity contribution is 0.378. The zero-order chi connectivity index (χ0) is 53.7. The van der Waals surface area contributed by atoms with Crippen molar-refractivity contribution >= 4 is 27.0 Å². The standard InChI is InChI=1S/C62H80O8P2S/c1-19-61(15,16)47-25-31-53(65-71(67-55-33-43(11)21-27-49(55)39(3)4)68-56-34-44(12)22-28-50(56)40(5)6)59(37-47)73(63,64)60-38-48(62(17,18)20-2)26-32-54(60)66-72(69-57-35-45(13)23-29-51(57)41(7)8)70-58-36-46(14)24-30-52(58)42(9)10/h21-42H,19-20H2,1-18H3. The largest absolute Gasteiger partial charge is 0.530 e. The first-order chi connectivity index (χ1) is 34.2. The first-order valence-electron chi connectivity index (χ1n) is 25.9. The number of rotatable bonds is 22. The van der Waals surface area contributed by atoms with E-state index in [2.05, 4.69) is 145 Å². The fourth-order valence-corrected chi connectivity index (χ4v) is 12.2. The molecular formula is C62H80O8P2S. The molecule has 0 aliphatic carbocycles. The molecule has 0 aliphatic rings. The maximum absolute atomic E-state index is 16.3. The Morgan fingerprint density at radius 1 is 0.384 bits per heavy atom. The summed E-state index contributed by atoms with van der Waals surface area (Å²) >= 11 is 0. The number of benzene rings is 6. The number of hydrogen-bond acceptors (Lipinski definition) is 8. The second-order valence-corrected chi connectivity index (χ2v) is 26.0. The van der Waals surface area contributed by atoms with Gasteiger partial charge >= 0.3 is 17.2 Å². The summed E-state index contributed by atoms with van der Waals surface area (Å²) in [4.78, 5) is -0.0891. The Morgan fingerprint density at radius 3 is 0.863 bits per heavy atom. The summed E-state index contributed by atoms with van der Waals surface area (Å²) in [7, 11) is -9.19. The van der Waals surface area contributed by atoms with E-state index in [-0.39, 0.29) is 45.0 Å². The van der Waals surface area contributed by atoms with Gasteiger partial charge in [-0.2, -0.15) is 0 Å². The van der Waals surface area contributed by atoms with Gasteiger partial charge in [-0.1, -0.05) is 158 Å². The van der Waals surface area contributed by atoms with Crippen molar-refractivity contribution in [2.75, 3.05) is 0 Å². The molecule has 0 aliphatic heterocycles. The van der Waals surface area contributed by atoms with E-state index >= 15 is 8.42 Å². The molecule has 0 atom stereocenters. The molecule has 0 N–H and O–H groups in total. The van der Waals surface area contributed by atoms with Crippen LogP contribution in [-0.2, 0) is 20.7 Å². The number of aryl methyl sites for hydroxylation is 4. The van der Waals surface area contributed by atoms with Gasteiger partial charge in [0, 0.05) is 0 Å². The van der Waals surface area contributed by atoms with Gasteiger partial charge in [0.2, 0.25) is 9.84 Å². The maximum atomic E-state index is 16.3. The summed E-state index contributed by atoms with van der Waals surface area (Å²) in [5, 5.41) is 0. The van der Waals surface area contributed by atoms with Crippen molar-refractivity contribution < 1.29 is 35.6 Å². The predicted octanol–water partition coefficient (Wildman–Crippen LogP) is 19.1. The molecule has 73 heavy (non-hydrogen) atoms. The normalized spacial score (nSPS) is 12.4. The second kappa shape index (κ2) is 23.6. The average molecular weight is 1050 g/mol. The van der Waals surface area contributed by atoms with Gasteiger partial charge in [0.25, 0.3) is 0 Å². The van der Waals surface area contributed by atoms with Crippen LogP contribution in [0.3, 0.4) is 0 Å². The molecule has 8 nitrogen and oxygen atoms in total. The van der Waals surface area contributed by atoms with E-state index in [0.717, 1.165) is 68.5 Å². The first kappa shape index (κ1) is 57.2. The topological polar surface area (TPSA) is 89.5 Å². The smallest absolute Gasteiger partial charge is 0.408 e. The van der Waals surface area contributed by atoms with Gasteiger partial charge in [-0.05, 0) is 179 Å². The molecule has 0 spiro atoms. The van der Waals surface area contributed by atoms with E-state index < -0.39 is 37.9 Å². The summed E-state index contributed by atoms with van der Waals surface area (Å²) in [5.74, 6) is 3.07. The van der Waals surface area contributed by atoms with Crippen molar-refractivity contribution in [2.45, 2.75) is 182 Å². The van der Waals surface area contributed by atoms with Crippen molar-refractivity contribution in [1.29, 1.82) is 0 Å². The number of sulfone groups is 1. The van der Waals surface area contributed by atoms with Crippen LogP contribution in [0, 0.1) is 27.7 Å². The molecule has 0 fully saturated rings. The molecule has 6 aromatic rings. The minimum absolute atomic E-state index is 0.0445. The molecule has 0 radical (unpaired) electrons. The minimum atomic E-state index is -4.53. The van der Waals surface area contributed by atoms with E-state index in [9.17, 15) is 0 Å². The Hall–Kier alpha value is -5.07. The quantitative estimate of drug-likeness (QED) is 0.0621. The monoisotopic (exact) mass is 1050 g/mol. The highest BCUT2D eigenvalue weighted by Gasteiger charge is 2.36. The van der Waals surface area contributed by atoms with Crippen LogP contribution >= 0.6 is 17.2 Å². The summed E-state index contributed by atoms with van der Waals surface area (Å²) in [6.45, 7) is 37.6. The Bertz CT molecular complexity index is 2680. The maximum Gasteiger partial charge on any atom is 0.530 e. The molecule has 0 amide bonds. The fourth-order valence-electron chi connectivity index (χ4n) is 8.34. The Balaban J connectivity index is 1.59. The molecule has 0 unspecified atom stereocenters. The lowest BCUT2D eigenvalue weighted by atomic mass is 9.82. The van der Waals surface area contributed by atoms with E-state index in [1.54, 1.807) is 24.3 Å². The summed E-state index contributed by atoms with van der Waals surface area (Å²) in [6.07, 6.45) is 1.51. The van der Waals surface area contributed by atoms with Crippen LogP contribution in [0.15, 0.2) is 119 Å². The van der Waals surface area contributed by atoms with Crippen LogP contribution in [-0.4, -0.2) is 8.42 Å². The summed E-state index contributed by atoms with van der Waals surface area (Å²) in [6, 6.07) is 35.3. The highest BCUT2D eigenvalue weighted by molar-refractivity contribution is 7.91. The van der Waals surface area contributed by atoms with Crippen LogP contribution in [0.25, 0.3) is 0 Å². The predicted molar refractivity (Wildman–Crippen MR) is 304 cm³/mol. The van der Waals surface area contributed by atoms with Crippen LogP contribution in [0.4, 0.5) is 0 Å². The second-order valence-electron chi connectivity index (χ2n) is 22.1. The first-order valence-corrected chi connectivity index (χ1v) is 29.6. The van der Waals surface area contributed by atoms with Gasteiger partial charge in [0.15, 0.2) is 0 Å². The third-order valence-electron chi connectivity index (χ3n) is 14.0. The average Bonchev–Trinajstić information content (AvgIpc) is 3.31. The zero-order valence-electron chi connectivity index (χ0n) is 46.7. The van der Waals surface area contributed by atoms with E-state index in [1.165, 1.54) is 0 Å². The van der Waals surface area contributed by atoms with Crippen molar-refractivity contribution in [3.05, 3.63) is 165 Å². The molecule has 0 saturated carbocycles. The Kier molecular flexibility index (Phi) is 18.5. The molecule has 0 bridgehead atoms. The van der Waals surface area contributed by atoms with Crippen molar-refractivity contribution in [1.82, 2.24) is 0 Å². The third kappa shape index (κ3) is 13.8. The summed E-state index contributed by atoms with van der Waals surface area (Å²) < 4.78 is 73.9. The van der Waals surface area contributed by atoms with Gasteiger partial charge < -0.3 is 27.1 Å². The van der Waals surface area contributed by atoms with E-state index in [1.807, 2.05) is 64.1 Å². The van der Waals surface area contributed by atoms with Gasteiger partial charge in [-0.3, -0.25) is 0 Å². The summed E-state index contributed by atoms with van der Waals surface area (Å²) in [5.41, 5.74) is 8.78. The van der Waals surface area contributed by atoms with Crippen molar-refractivity contribution in [2.24, 2.45) is 0 Å². The van der Waals surface area contributed by atoms with Crippen LogP contribution in [0.5, 0.6) is 34.5 Å². The Labute approximate surface area is 441 Å². The lowest BCUT2D eigenvalue weighted by Gasteiger charge is -2.28. The highest BCUT2D eigenvalue weighted by atomic mass is 32.2. The van der Waals surface area contributed by atoms with Crippen molar-refractivity contribution in [3.63, 3.8) is 0 Å². The molecule has 0 aromatic heterocycles. The fraction of sp³-hybridized carbons (Fsp3) is 0.419. The van der Waals surface area contributed by atoms with Gasteiger partial charge in [0.1, 0.15) is 44.3 Å². The van der Waals surface area contributed by atoms with Gasteiger partial charge in [-0.25, -0.2) is 8.42 Å². The highest BCUT2D eigenvalue weighted by Crippen LogP contribution is 2.52. The molecule has 0 saturated heterocycles. The van der Waals surface area contributed by atoms with Crippen molar-refractivity contribution in [3.8, 4) is 34.5 Å². The third-order valence-corrected chi connectivity index (χ3v) is 17.9. The van der Waals surface area contributed by atoms with Crippen LogP contribution in [0.1, 0.15) is 189 Å². The van der Waals surface area contributed by atoms with Gasteiger partial charge in [0.05, 0.1) is 0 Å². The van der Waals surface area contributed by atoms with Crippen LogP contribution in [0.2, 0.25) is 0 Å². The van der Waals surface area contributed by atoms with Crippen LogP contribution < -0.4 is 27.1 Å². The van der Waals surface area contributed by atoms with E-state index in [4.69, 9.17) is 27.1 Å². The molecule has 11 heteroatoms. The molecule has 0 heterocycles. The molecule has 392 valence electrons. The molecule has 6 aromatic carbocycles. The zero-order valence-corrected chi connectivity index (χ0v) is 49.3. The molecule has 6 rings (SSSR count). The van der Waals surface area contributed by atoms with E-state index in [0.29, 0.717) is 23.0 Å². The van der Waals surface area contributed by atoms with Gasteiger partial charge in [-0.15, -0.1) is 0 Å². The number of hydrogen-bond donors (Lipinski definition) is 0. The molecular weight excluding hydrogens is 967 g/mol. The minimum Gasteiger partial charge on any atom is -0.408 e.